The Morgan fingerprint density at radius 1 is 1.47 bits per heavy atom. The molecule has 2 fully saturated rings. The molecule has 4 heteroatoms. The minimum Gasteiger partial charge on any atom is -0.377 e. The molecule has 0 saturated carbocycles. The highest BCUT2D eigenvalue weighted by atomic mass is 16.5. The summed E-state index contributed by atoms with van der Waals surface area (Å²) in [5.74, 6) is 0.725. The number of nitrogens with zero attached hydrogens (tertiary/aromatic N) is 1. The molecule has 86 valence electrons. The summed E-state index contributed by atoms with van der Waals surface area (Å²) in [5, 5.41) is 3.29. The molecular formula is C11H20N2O2. The third kappa shape index (κ3) is 2.16. The topological polar surface area (TPSA) is 41.6 Å². The van der Waals surface area contributed by atoms with Crippen molar-refractivity contribution in [1.82, 2.24) is 10.2 Å². The zero-order valence-electron chi connectivity index (χ0n) is 9.53. The molecule has 2 saturated heterocycles. The Balaban J connectivity index is 1.99. The van der Waals surface area contributed by atoms with E-state index in [0.717, 1.165) is 19.5 Å². The van der Waals surface area contributed by atoms with Crippen molar-refractivity contribution in [3.05, 3.63) is 0 Å². The van der Waals surface area contributed by atoms with Gasteiger partial charge in [-0.05, 0) is 25.8 Å². The predicted octanol–water partition coefficient (Wildman–Crippen LogP) is 0.232. The fourth-order valence-corrected chi connectivity index (χ4v) is 2.40. The predicted molar refractivity (Wildman–Crippen MR) is 57.6 cm³/mol. The van der Waals surface area contributed by atoms with Crippen LogP contribution < -0.4 is 5.32 Å². The van der Waals surface area contributed by atoms with Crippen LogP contribution in [0, 0.1) is 5.92 Å². The second-order valence-electron chi connectivity index (χ2n) is 4.65. The van der Waals surface area contributed by atoms with Gasteiger partial charge < -0.3 is 15.0 Å². The van der Waals surface area contributed by atoms with E-state index >= 15 is 0 Å². The Bertz CT molecular complexity index is 245. The second-order valence-corrected chi connectivity index (χ2v) is 4.65. The molecule has 15 heavy (non-hydrogen) atoms. The Kier molecular flexibility index (Phi) is 3.26. The van der Waals surface area contributed by atoms with E-state index in [2.05, 4.69) is 19.2 Å². The van der Waals surface area contributed by atoms with Crippen molar-refractivity contribution in [3.8, 4) is 0 Å². The molecule has 4 nitrogen and oxygen atoms in total. The lowest BCUT2D eigenvalue weighted by molar-refractivity contribution is -0.141. The first-order valence-corrected chi connectivity index (χ1v) is 5.81. The van der Waals surface area contributed by atoms with Crippen LogP contribution in [0.3, 0.4) is 0 Å². The SMILES string of the molecule is CC1CCNC1C(=O)N1CCOCC1C. The highest BCUT2D eigenvalue weighted by Crippen LogP contribution is 2.18. The van der Waals surface area contributed by atoms with Crippen LogP contribution in [-0.4, -0.2) is 49.2 Å². The zero-order chi connectivity index (χ0) is 10.8. The maximum absolute atomic E-state index is 12.2. The molecule has 3 atom stereocenters. The maximum Gasteiger partial charge on any atom is 0.240 e. The van der Waals surface area contributed by atoms with E-state index < -0.39 is 0 Å². The first-order chi connectivity index (χ1) is 7.20. The summed E-state index contributed by atoms with van der Waals surface area (Å²) in [6.45, 7) is 7.26. The molecule has 2 heterocycles. The van der Waals surface area contributed by atoms with Gasteiger partial charge in [0.15, 0.2) is 0 Å². The monoisotopic (exact) mass is 212 g/mol. The lowest BCUT2D eigenvalue weighted by Crippen LogP contribution is -2.53. The molecule has 0 aliphatic carbocycles. The lowest BCUT2D eigenvalue weighted by atomic mass is 10.0. The fraction of sp³-hybridized carbons (Fsp3) is 0.909. The van der Waals surface area contributed by atoms with E-state index in [4.69, 9.17) is 4.74 Å². The second kappa shape index (κ2) is 4.49. The number of nitrogens with one attached hydrogen (secondary N) is 1. The van der Waals surface area contributed by atoms with Crippen molar-refractivity contribution < 1.29 is 9.53 Å². The molecule has 2 aliphatic rings. The molecule has 0 bridgehead atoms. The molecule has 2 rings (SSSR count). The minimum absolute atomic E-state index is 0.0329. The largest absolute Gasteiger partial charge is 0.377 e. The van der Waals surface area contributed by atoms with Crippen LogP contribution in [0.4, 0.5) is 0 Å². The van der Waals surface area contributed by atoms with Gasteiger partial charge in [-0.15, -0.1) is 0 Å². The number of hydrogen-bond donors (Lipinski definition) is 1. The summed E-state index contributed by atoms with van der Waals surface area (Å²) in [5.41, 5.74) is 0. The third-order valence-electron chi connectivity index (χ3n) is 3.45. The lowest BCUT2D eigenvalue weighted by Gasteiger charge is -2.35. The van der Waals surface area contributed by atoms with Crippen molar-refractivity contribution in [2.24, 2.45) is 5.92 Å². The maximum atomic E-state index is 12.2. The van der Waals surface area contributed by atoms with Crippen LogP contribution in [0.25, 0.3) is 0 Å². The van der Waals surface area contributed by atoms with Gasteiger partial charge >= 0.3 is 0 Å². The van der Waals surface area contributed by atoms with E-state index in [9.17, 15) is 4.79 Å². The number of morpholine rings is 1. The van der Waals surface area contributed by atoms with Crippen LogP contribution in [0.5, 0.6) is 0 Å². The van der Waals surface area contributed by atoms with Gasteiger partial charge in [-0.3, -0.25) is 4.79 Å². The highest BCUT2D eigenvalue weighted by molar-refractivity contribution is 5.83. The molecule has 0 spiro atoms. The number of amides is 1. The molecule has 0 aromatic rings. The van der Waals surface area contributed by atoms with E-state index in [1.54, 1.807) is 0 Å². The molecule has 3 unspecified atom stereocenters. The molecule has 1 amide bonds. The van der Waals surface area contributed by atoms with Gasteiger partial charge in [-0.2, -0.15) is 0 Å². The fourth-order valence-electron chi connectivity index (χ4n) is 2.40. The smallest absolute Gasteiger partial charge is 0.240 e. The van der Waals surface area contributed by atoms with Gasteiger partial charge in [0.05, 0.1) is 25.3 Å². The van der Waals surface area contributed by atoms with Crippen LogP contribution in [0.2, 0.25) is 0 Å². The number of rotatable bonds is 1. The molecule has 0 radical (unpaired) electrons. The average molecular weight is 212 g/mol. The van der Waals surface area contributed by atoms with Crippen LogP contribution >= 0.6 is 0 Å². The number of carbonyl (C=O) groups excluding carboxylic acids is 1. The van der Waals surface area contributed by atoms with E-state index in [1.165, 1.54) is 0 Å². The van der Waals surface area contributed by atoms with Crippen molar-refractivity contribution in [2.75, 3.05) is 26.3 Å². The Morgan fingerprint density at radius 2 is 2.27 bits per heavy atom. The summed E-state index contributed by atoms with van der Waals surface area (Å²) < 4.78 is 5.34. The standard InChI is InChI=1S/C11H20N2O2/c1-8-3-4-12-10(8)11(14)13-5-6-15-7-9(13)2/h8-10,12H,3-7H2,1-2H3. The number of ether oxygens (including phenoxy) is 1. The molecule has 0 aromatic carbocycles. The summed E-state index contributed by atoms with van der Waals surface area (Å²) in [7, 11) is 0. The quantitative estimate of drug-likeness (QED) is 0.676. The van der Waals surface area contributed by atoms with Gasteiger partial charge in [0, 0.05) is 6.54 Å². The number of hydrogen-bond acceptors (Lipinski definition) is 3. The highest BCUT2D eigenvalue weighted by Gasteiger charge is 2.35. The van der Waals surface area contributed by atoms with Crippen molar-refractivity contribution in [3.63, 3.8) is 0 Å². The van der Waals surface area contributed by atoms with Crippen molar-refractivity contribution in [1.29, 1.82) is 0 Å². The third-order valence-corrected chi connectivity index (χ3v) is 3.45. The van der Waals surface area contributed by atoms with Gasteiger partial charge in [0.1, 0.15) is 0 Å². The average Bonchev–Trinajstić information content (AvgIpc) is 2.64. The van der Waals surface area contributed by atoms with Crippen molar-refractivity contribution >= 4 is 5.91 Å². The molecule has 2 aliphatic heterocycles. The molecular weight excluding hydrogens is 192 g/mol. The Labute approximate surface area is 91.0 Å². The molecule has 1 N–H and O–H groups in total. The van der Waals surface area contributed by atoms with Gasteiger partial charge in [-0.25, -0.2) is 0 Å². The van der Waals surface area contributed by atoms with Crippen LogP contribution in [0.15, 0.2) is 0 Å². The van der Waals surface area contributed by atoms with E-state index in [-0.39, 0.29) is 18.0 Å². The normalized spacial score (nSPS) is 36.9. The Morgan fingerprint density at radius 3 is 2.87 bits per heavy atom. The first kappa shape index (κ1) is 10.9. The van der Waals surface area contributed by atoms with Crippen molar-refractivity contribution in [2.45, 2.75) is 32.4 Å². The number of carbonyl (C=O) groups is 1. The van der Waals surface area contributed by atoms with E-state index in [1.807, 2.05) is 4.90 Å². The Hall–Kier alpha value is -0.610. The van der Waals surface area contributed by atoms with Gasteiger partial charge in [0.2, 0.25) is 5.91 Å². The van der Waals surface area contributed by atoms with E-state index in [0.29, 0.717) is 19.1 Å². The van der Waals surface area contributed by atoms with Gasteiger partial charge in [-0.1, -0.05) is 6.92 Å². The minimum atomic E-state index is 0.0329. The van der Waals surface area contributed by atoms with Gasteiger partial charge in [0.25, 0.3) is 0 Å². The van der Waals surface area contributed by atoms with Crippen LogP contribution in [-0.2, 0) is 9.53 Å². The summed E-state index contributed by atoms with van der Waals surface area (Å²) >= 11 is 0. The van der Waals surface area contributed by atoms with Crippen LogP contribution in [0.1, 0.15) is 20.3 Å². The summed E-state index contributed by atoms with van der Waals surface area (Å²) in [4.78, 5) is 14.2. The summed E-state index contributed by atoms with van der Waals surface area (Å²) in [6, 6.07) is 0.256. The zero-order valence-corrected chi connectivity index (χ0v) is 9.53. The first-order valence-electron chi connectivity index (χ1n) is 5.81. The molecule has 0 aromatic heterocycles. The summed E-state index contributed by atoms with van der Waals surface area (Å²) in [6.07, 6.45) is 1.11.